The summed E-state index contributed by atoms with van der Waals surface area (Å²) < 4.78 is 0.874. The van der Waals surface area contributed by atoms with E-state index in [-0.39, 0.29) is 0 Å². The van der Waals surface area contributed by atoms with Gasteiger partial charge in [0.15, 0.2) is 0 Å². The van der Waals surface area contributed by atoms with E-state index in [0.717, 1.165) is 42.1 Å². The van der Waals surface area contributed by atoms with E-state index in [1.165, 1.54) is 0 Å². The minimum absolute atomic E-state index is 0.874. The van der Waals surface area contributed by atoms with Gasteiger partial charge in [-0.05, 0) is 28.8 Å². The molecule has 15 heavy (non-hydrogen) atoms. The van der Waals surface area contributed by atoms with Crippen molar-refractivity contribution in [2.24, 2.45) is 0 Å². The van der Waals surface area contributed by atoms with Gasteiger partial charge in [0.05, 0.1) is 0 Å². The number of hydrogen-bond donors (Lipinski definition) is 0. The van der Waals surface area contributed by atoms with Crippen LogP contribution >= 0.6 is 15.9 Å². The van der Waals surface area contributed by atoms with Crippen molar-refractivity contribution in [1.82, 2.24) is 9.97 Å². The van der Waals surface area contributed by atoms with Crippen LogP contribution in [0.3, 0.4) is 0 Å². The summed E-state index contributed by atoms with van der Waals surface area (Å²) in [6.45, 7) is 5.33. The SMILES string of the molecule is CCCc1nc(Br)cc(N(C)CCC)n1. The Labute approximate surface area is 100 Å². The molecule has 0 aliphatic rings. The van der Waals surface area contributed by atoms with E-state index >= 15 is 0 Å². The van der Waals surface area contributed by atoms with E-state index in [2.05, 4.69) is 51.7 Å². The number of aromatic nitrogens is 2. The summed E-state index contributed by atoms with van der Waals surface area (Å²) in [5.41, 5.74) is 0. The first-order valence-corrected chi connectivity index (χ1v) is 6.21. The first-order valence-electron chi connectivity index (χ1n) is 5.42. The zero-order valence-corrected chi connectivity index (χ0v) is 11.2. The van der Waals surface area contributed by atoms with Crippen LogP contribution in [0.4, 0.5) is 5.82 Å². The maximum Gasteiger partial charge on any atom is 0.133 e. The van der Waals surface area contributed by atoms with Crippen LogP contribution in [0, 0.1) is 0 Å². The Morgan fingerprint density at radius 1 is 1.27 bits per heavy atom. The van der Waals surface area contributed by atoms with Gasteiger partial charge in [-0.15, -0.1) is 0 Å². The average Bonchev–Trinajstić information content (AvgIpc) is 2.17. The predicted octanol–water partition coefficient (Wildman–Crippen LogP) is 3.04. The molecular formula is C11H18BrN3. The van der Waals surface area contributed by atoms with Crippen molar-refractivity contribution in [3.05, 3.63) is 16.5 Å². The molecule has 84 valence electrons. The van der Waals surface area contributed by atoms with Gasteiger partial charge in [-0.2, -0.15) is 0 Å². The lowest BCUT2D eigenvalue weighted by Gasteiger charge is -2.17. The minimum atomic E-state index is 0.874. The van der Waals surface area contributed by atoms with Crippen LogP contribution in [-0.4, -0.2) is 23.6 Å². The van der Waals surface area contributed by atoms with Gasteiger partial charge in [-0.3, -0.25) is 0 Å². The highest BCUT2D eigenvalue weighted by molar-refractivity contribution is 9.10. The fraction of sp³-hybridized carbons (Fsp3) is 0.636. The van der Waals surface area contributed by atoms with Crippen molar-refractivity contribution in [3.63, 3.8) is 0 Å². The molecule has 0 N–H and O–H groups in total. The summed E-state index contributed by atoms with van der Waals surface area (Å²) >= 11 is 3.42. The highest BCUT2D eigenvalue weighted by atomic mass is 79.9. The standard InChI is InChI=1S/C11H18BrN3/c1-4-6-10-13-9(12)8-11(14-10)15(3)7-5-2/h8H,4-7H2,1-3H3. The zero-order valence-electron chi connectivity index (χ0n) is 9.63. The number of hydrogen-bond acceptors (Lipinski definition) is 3. The summed E-state index contributed by atoms with van der Waals surface area (Å²) in [5.74, 6) is 1.92. The van der Waals surface area contributed by atoms with Crippen molar-refractivity contribution in [1.29, 1.82) is 0 Å². The third-order valence-electron chi connectivity index (χ3n) is 2.15. The third-order valence-corrected chi connectivity index (χ3v) is 2.56. The molecule has 0 saturated heterocycles. The molecule has 1 heterocycles. The van der Waals surface area contributed by atoms with Crippen LogP contribution in [0.2, 0.25) is 0 Å². The zero-order chi connectivity index (χ0) is 11.3. The monoisotopic (exact) mass is 271 g/mol. The molecule has 0 aliphatic heterocycles. The lowest BCUT2D eigenvalue weighted by Crippen LogP contribution is -2.19. The first kappa shape index (κ1) is 12.4. The smallest absolute Gasteiger partial charge is 0.133 e. The van der Waals surface area contributed by atoms with Crippen molar-refractivity contribution in [2.75, 3.05) is 18.5 Å². The largest absolute Gasteiger partial charge is 0.360 e. The number of anilines is 1. The van der Waals surface area contributed by atoms with E-state index in [9.17, 15) is 0 Å². The van der Waals surface area contributed by atoms with Gasteiger partial charge in [0.2, 0.25) is 0 Å². The molecule has 0 atom stereocenters. The van der Waals surface area contributed by atoms with E-state index in [4.69, 9.17) is 0 Å². The fourth-order valence-electron chi connectivity index (χ4n) is 1.43. The first-order chi connectivity index (χ1) is 7.17. The number of halogens is 1. The number of rotatable bonds is 5. The normalized spacial score (nSPS) is 10.4. The van der Waals surface area contributed by atoms with Crippen molar-refractivity contribution in [2.45, 2.75) is 33.1 Å². The Balaban J connectivity index is 2.87. The molecule has 0 fully saturated rings. The Hall–Kier alpha value is -0.640. The maximum atomic E-state index is 4.53. The molecule has 0 spiro atoms. The molecule has 0 aliphatic carbocycles. The molecule has 3 nitrogen and oxygen atoms in total. The van der Waals surface area contributed by atoms with E-state index < -0.39 is 0 Å². The predicted molar refractivity (Wildman–Crippen MR) is 67.3 cm³/mol. The van der Waals surface area contributed by atoms with Crippen molar-refractivity contribution in [3.8, 4) is 0 Å². The quantitative estimate of drug-likeness (QED) is 0.771. The second-order valence-electron chi connectivity index (χ2n) is 3.64. The molecule has 0 unspecified atom stereocenters. The Morgan fingerprint density at radius 3 is 2.60 bits per heavy atom. The van der Waals surface area contributed by atoms with Gasteiger partial charge < -0.3 is 4.90 Å². The van der Waals surface area contributed by atoms with Crippen molar-refractivity contribution < 1.29 is 0 Å². The van der Waals surface area contributed by atoms with Gasteiger partial charge in [-0.1, -0.05) is 13.8 Å². The molecule has 1 aromatic rings. The molecule has 0 saturated carbocycles. The van der Waals surface area contributed by atoms with Gasteiger partial charge in [0.1, 0.15) is 16.2 Å². The molecule has 4 heteroatoms. The van der Waals surface area contributed by atoms with Gasteiger partial charge in [-0.25, -0.2) is 9.97 Å². The van der Waals surface area contributed by atoms with Crippen molar-refractivity contribution >= 4 is 21.7 Å². The van der Waals surface area contributed by atoms with Gasteiger partial charge in [0.25, 0.3) is 0 Å². The van der Waals surface area contributed by atoms with E-state index in [1.54, 1.807) is 0 Å². The Kier molecular flexibility index (Phi) is 5.02. The molecule has 1 aromatic heterocycles. The van der Waals surface area contributed by atoms with E-state index in [1.807, 2.05) is 6.07 Å². The van der Waals surface area contributed by atoms with Crippen LogP contribution in [0.25, 0.3) is 0 Å². The maximum absolute atomic E-state index is 4.53. The number of nitrogens with zero attached hydrogens (tertiary/aromatic N) is 3. The van der Waals surface area contributed by atoms with Crippen LogP contribution in [0.15, 0.2) is 10.7 Å². The highest BCUT2D eigenvalue weighted by Gasteiger charge is 2.05. The molecule has 0 bridgehead atoms. The summed E-state index contributed by atoms with van der Waals surface area (Å²) in [7, 11) is 2.06. The third kappa shape index (κ3) is 3.78. The second-order valence-corrected chi connectivity index (χ2v) is 4.45. The average molecular weight is 272 g/mol. The Bertz CT molecular complexity index is 315. The minimum Gasteiger partial charge on any atom is -0.360 e. The second kappa shape index (κ2) is 6.05. The van der Waals surface area contributed by atoms with Crippen LogP contribution in [-0.2, 0) is 6.42 Å². The van der Waals surface area contributed by atoms with Gasteiger partial charge >= 0.3 is 0 Å². The van der Waals surface area contributed by atoms with Crippen LogP contribution in [0.5, 0.6) is 0 Å². The summed E-state index contributed by atoms with van der Waals surface area (Å²) in [4.78, 5) is 11.0. The lowest BCUT2D eigenvalue weighted by molar-refractivity contribution is 0.793. The lowest BCUT2D eigenvalue weighted by atomic mass is 10.3. The topological polar surface area (TPSA) is 29.0 Å². The summed E-state index contributed by atoms with van der Waals surface area (Å²) in [5, 5.41) is 0. The molecule has 0 aromatic carbocycles. The molecule has 1 rings (SSSR count). The van der Waals surface area contributed by atoms with Gasteiger partial charge in [0, 0.05) is 26.1 Å². The molecule has 0 radical (unpaired) electrons. The van der Waals surface area contributed by atoms with E-state index in [0.29, 0.717) is 0 Å². The molecule has 0 amide bonds. The number of aryl methyl sites for hydroxylation is 1. The Morgan fingerprint density at radius 2 is 2.00 bits per heavy atom. The van der Waals surface area contributed by atoms with Crippen LogP contribution in [0.1, 0.15) is 32.5 Å². The highest BCUT2D eigenvalue weighted by Crippen LogP contribution is 2.16. The fourth-order valence-corrected chi connectivity index (χ4v) is 1.84. The van der Waals surface area contributed by atoms with Crippen LogP contribution < -0.4 is 4.90 Å². The summed E-state index contributed by atoms with van der Waals surface area (Å²) in [6.07, 6.45) is 3.14. The summed E-state index contributed by atoms with van der Waals surface area (Å²) in [6, 6.07) is 1.97. The molecular weight excluding hydrogens is 254 g/mol.